The Hall–Kier alpha value is -1.74. The molecule has 1 aromatic carbocycles. The summed E-state index contributed by atoms with van der Waals surface area (Å²) in [4.78, 5) is 4.57. The maximum absolute atomic E-state index is 3.91. The quantitative estimate of drug-likeness (QED) is 0.794. The van der Waals surface area contributed by atoms with Gasteiger partial charge < -0.3 is 14.4 Å². The van der Waals surface area contributed by atoms with Gasteiger partial charge in [0.2, 0.25) is 0 Å². The van der Waals surface area contributed by atoms with E-state index in [0.29, 0.717) is 0 Å². The average molecular weight is 269 g/mol. The van der Waals surface area contributed by atoms with Gasteiger partial charge in [-0.25, -0.2) is 0 Å². The second kappa shape index (κ2) is 4.98. The van der Waals surface area contributed by atoms with Gasteiger partial charge in [-0.1, -0.05) is 6.08 Å². The van der Waals surface area contributed by atoms with E-state index in [9.17, 15) is 0 Å². The number of benzene rings is 1. The van der Waals surface area contributed by atoms with Crippen LogP contribution >= 0.6 is 0 Å². The molecule has 2 heterocycles. The summed E-state index contributed by atoms with van der Waals surface area (Å²) in [6, 6.07) is 6.79. The van der Waals surface area contributed by atoms with Crippen molar-refractivity contribution >= 4 is 16.6 Å². The van der Waals surface area contributed by atoms with Crippen molar-refractivity contribution in [3.63, 3.8) is 0 Å². The molecule has 3 nitrogen and oxygen atoms in total. The van der Waals surface area contributed by atoms with E-state index < -0.39 is 0 Å². The summed E-state index contributed by atoms with van der Waals surface area (Å²) < 4.78 is 2.43. The summed E-state index contributed by atoms with van der Waals surface area (Å²) in [5, 5.41) is 1.40. The predicted molar refractivity (Wildman–Crippen MR) is 86.5 cm³/mol. The number of likely N-dealkylation sites (N-methyl/N-ethyl adjacent to an activating group) is 1. The first-order chi connectivity index (χ1) is 9.61. The molecule has 20 heavy (non-hydrogen) atoms. The van der Waals surface area contributed by atoms with Crippen LogP contribution in [0.15, 0.2) is 30.9 Å². The lowest BCUT2D eigenvalue weighted by Crippen LogP contribution is -2.27. The number of anilines is 1. The zero-order valence-electron chi connectivity index (χ0n) is 12.7. The molecule has 0 aliphatic carbocycles. The zero-order chi connectivity index (χ0) is 14.3. The number of fused-ring (bicyclic) bond motifs is 3. The number of rotatable bonds is 3. The normalized spacial score (nSPS) is 15.3. The average Bonchev–Trinajstić information content (AvgIpc) is 2.73. The van der Waals surface area contributed by atoms with Crippen LogP contribution < -0.4 is 4.90 Å². The first-order valence-corrected chi connectivity index (χ1v) is 7.22. The highest BCUT2D eigenvalue weighted by molar-refractivity contribution is 5.89. The van der Waals surface area contributed by atoms with Crippen molar-refractivity contribution in [2.75, 3.05) is 32.6 Å². The Labute approximate surface area is 121 Å². The number of hydrogen-bond acceptors (Lipinski definition) is 2. The largest absolute Gasteiger partial charge is 0.378 e. The van der Waals surface area contributed by atoms with Gasteiger partial charge in [-0.3, -0.25) is 0 Å². The molecule has 0 saturated carbocycles. The van der Waals surface area contributed by atoms with Crippen LogP contribution in [0.4, 0.5) is 5.69 Å². The van der Waals surface area contributed by atoms with Crippen LogP contribution in [0.5, 0.6) is 0 Å². The minimum absolute atomic E-state index is 0.900. The van der Waals surface area contributed by atoms with E-state index in [1.165, 1.54) is 27.8 Å². The van der Waals surface area contributed by atoms with Crippen LogP contribution in [0.3, 0.4) is 0 Å². The molecule has 0 radical (unpaired) electrons. The van der Waals surface area contributed by atoms with E-state index in [-0.39, 0.29) is 0 Å². The van der Waals surface area contributed by atoms with Gasteiger partial charge in [0.25, 0.3) is 0 Å². The Morgan fingerprint density at radius 3 is 2.85 bits per heavy atom. The molecular formula is C17H23N3. The van der Waals surface area contributed by atoms with Gasteiger partial charge in [0.15, 0.2) is 0 Å². The number of nitrogens with zero attached hydrogens (tertiary/aromatic N) is 3. The van der Waals surface area contributed by atoms with E-state index in [1.54, 1.807) is 0 Å². The maximum atomic E-state index is 3.91. The lowest BCUT2D eigenvalue weighted by molar-refractivity contribution is 0.310. The highest BCUT2D eigenvalue weighted by atomic mass is 15.1. The van der Waals surface area contributed by atoms with E-state index in [4.69, 9.17) is 0 Å². The molecule has 0 amide bonds. The van der Waals surface area contributed by atoms with Gasteiger partial charge in [-0.15, -0.1) is 6.58 Å². The number of hydrogen-bond donors (Lipinski definition) is 0. The van der Waals surface area contributed by atoms with Crippen molar-refractivity contribution in [2.45, 2.75) is 19.5 Å². The van der Waals surface area contributed by atoms with Crippen molar-refractivity contribution < 1.29 is 0 Å². The molecule has 0 unspecified atom stereocenters. The van der Waals surface area contributed by atoms with Crippen LogP contribution in [0.25, 0.3) is 10.9 Å². The fourth-order valence-corrected chi connectivity index (χ4v) is 3.19. The van der Waals surface area contributed by atoms with Crippen molar-refractivity contribution in [2.24, 2.45) is 0 Å². The summed E-state index contributed by atoms with van der Waals surface area (Å²) >= 11 is 0. The SMILES string of the molecule is C=CCn1c2c(c3cc(N(C)C)ccc31)CN(C)CC2. The summed E-state index contributed by atoms with van der Waals surface area (Å²) in [5.41, 5.74) is 5.60. The van der Waals surface area contributed by atoms with E-state index in [2.05, 4.69) is 60.3 Å². The van der Waals surface area contributed by atoms with Crippen LogP contribution in [-0.2, 0) is 19.5 Å². The molecule has 0 saturated heterocycles. The molecule has 106 valence electrons. The highest BCUT2D eigenvalue weighted by Crippen LogP contribution is 2.33. The molecule has 1 aromatic heterocycles. The van der Waals surface area contributed by atoms with Crippen LogP contribution in [0.1, 0.15) is 11.3 Å². The predicted octanol–water partition coefficient (Wildman–Crippen LogP) is 2.88. The minimum Gasteiger partial charge on any atom is -0.378 e. The zero-order valence-corrected chi connectivity index (χ0v) is 12.7. The van der Waals surface area contributed by atoms with Gasteiger partial charge in [0, 0.05) is 62.4 Å². The first kappa shape index (κ1) is 13.3. The third-order valence-corrected chi connectivity index (χ3v) is 4.26. The lowest BCUT2D eigenvalue weighted by Gasteiger charge is -2.24. The number of aromatic nitrogens is 1. The Balaban J connectivity index is 2.25. The molecule has 2 aromatic rings. The second-order valence-corrected chi connectivity index (χ2v) is 5.91. The molecule has 0 fully saturated rings. The van der Waals surface area contributed by atoms with Gasteiger partial charge in [0.05, 0.1) is 0 Å². The van der Waals surface area contributed by atoms with Gasteiger partial charge in [-0.2, -0.15) is 0 Å². The van der Waals surface area contributed by atoms with Crippen LogP contribution in [-0.4, -0.2) is 37.2 Å². The first-order valence-electron chi connectivity index (χ1n) is 7.22. The smallest absolute Gasteiger partial charge is 0.0490 e. The summed E-state index contributed by atoms with van der Waals surface area (Å²) in [7, 11) is 6.40. The molecular weight excluding hydrogens is 246 g/mol. The van der Waals surface area contributed by atoms with Crippen LogP contribution in [0.2, 0.25) is 0 Å². The molecule has 3 rings (SSSR count). The molecule has 0 atom stereocenters. The van der Waals surface area contributed by atoms with Gasteiger partial charge >= 0.3 is 0 Å². The third-order valence-electron chi connectivity index (χ3n) is 4.26. The standard InChI is InChI=1S/C17H23N3/c1-5-9-20-16-7-6-13(18(2)3)11-14(16)15-12-19(4)10-8-17(15)20/h5-7,11H,1,8-10,12H2,2-4H3. The monoisotopic (exact) mass is 269 g/mol. The van der Waals surface area contributed by atoms with Crippen molar-refractivity contribution in [3.8, 4) is 0 Å². The fourth-order valence-electron chi connectivity index (χ4n) is 3.19. The Bertz CT molecular complexity index is 652. The maximum Gasteiger partial charge on any atom is 0.0490 e. The fraction of sp³-hybridized carbons (Fsp3) is 0.412. The van der Waals surface area contributed by atoms with Crippen molar-refractivity contribution in [1.82, 2.24) is 9.47 Å². The van der Waals surface area contributed by atoms with E-state index in [1.807, 2.05) is 6.08 Å². The van der Waals surface area contributed by atoms with Gasteiger partial charge in [0.1, 0.15) is 0 Å². The summed E-state index contributed by atoms with van der Waals surface area (Å²) in [6.07, 6.45) is 3.13. The molecule has 3 heteroatoms. The highest BCUT2D eigenvalue weighted by Gasteiger charge is 2.22. The molecule has 1 aliphatic heterocycles. The Morgan fingerprint density at radius 1 is 1.35 bits per heavy atom. The van der Waals surface area contributed by atoms with E-state index >= 15 is 0 Å². The van der Waals surface area contributed by atoms with Crippen LogP contribution in [0, 0.1) is 0 Å². The molecule has 0 N–H and O–H groups in total. The van der Waals surface area contributed by atoms with Crippen molar-refractivity contribution in [3.05, 3.63) is 42.1 Å². The summed E-state index contributed by atoms with van der Waals surface area (Å²) in [6.45, 7) is 7.00. The van der Waals surface area contributed by atoms with E-state index in [0.717, 1.165) is 26.1 Å². The van der Waals surface area contributed by atoms with Gasteiger partial charge in [-0.05, 0) is 30.8 Å². The Kier molecular flexibility index (Phi) is 3.30. The minimum atomic E-state index is 0.900. The molecule has 1 aliphatic rings. The van der Waals surface area contributed by atoms with Crippen molar-refractivity contribution in [1.29, 1.82) is 0 Å². The topological polar surface area (TPSA) is 11.4 Å². The third kappa shape index (κ3) is 2.02. The molecule has 0 spiro atoms. The Morgan fingerprint density at radius 2 is 2.15 bits per heavy atom. The second-order valence-electron chi connectivity index (χ2n) is 5.91. The lowest BCUT2D eigenvalue weighted by atomic mass is 10.0. The molecule has 0 bridgehead atoms. The number of allylic oxidation sites excluding steroid dienone is 1. The summed E-state index contributed by atoms with van der Waals surface area (Å²) in [5.74, 6) is 0.